The Kier molecular flexibility index (Phi) is 6.41. The molecule has 0 saturated heterocycles. The van der Waals surface area contributed by atoms with Crippen molar-refractivity contribution in [3.05, 3.63) is 59.1 Å². The second-order valence-electron chi connectivity index (χ2n) is 4.77. The van der Waals surface area contributed by atoms with E-state index in [4.69, 9.17) is 16.3 Å². The summed E-state index contributed by atoms with van der Waals surface area (Å²) in [7, 11) is 0. The number of hydrogen-bond acceptors (Lipinski definition) is 5. The standard InChI is InChI=1S/C16H13ClFN3O4/c17-10-5-6-19-13(7-10)16(24)25-9-15(23)20-8-14(22)21-12-3-1-11(18)2-4-12/h1-7H,8-9H2,(H,20,23)(H,21,22). The van der Waals surface area contributed by atoms with Gasteiger partial charge in [0.05, 0.1) is 6.54 Å². The average molecular weight is 366 g/mol. The van der Waals surface area contributed by atoms with E-state index in [-0.39, 0.29) is 12.2 Å². The number of pyridine rings is 1. The van der Waals surface area contributed by atoms with Crippen molar-refractivity contribution in [2.75, 3.05) is 18.5 Å². The van der Waals surface area contributed by atoms with Gasteiger partial charge in [0.15, 0.2) is 6.61 Å². The Hall–Kier alpha value is -3.00. The van der Waals surface area contributed by atoms with Crippen LogP contribution in [0.25, 0.3) is 0 Å². The molecule has 1 aromatic carbocycles. The number of benzene rings is 1. The van der Waals surface area contributed by atoms with Crippen molar-refractivity contribution in [2.45, 2.75) is 0 Å². The number of amides is 2. The third-order valence-electron chi connectivity index (χ3n) is 2.84. The molecule has 0 fully saturated rings. The quantitative estimate of drug-likeness (QED) is 0.760. The van der Waals surface area contributed by atoms with Gasteiger partial charge in [0.1, 0.15) is 11.5 Å². The van der Waals surface area contributed by atoms with Gasteiger partial charge in [-0.05, 0) is 36.4 Å². The molecule has 2 rings (SSSR count). The van der Waals surface area contributed by atoms with Crippen molar-refractivity contribution in [3.8, 4) is 0 Å². The molecular formula is C16H13ClFN3O4. The second-order valence-corrected chi connectivity index (χ2v) is 5.20. The monoisotopic (exact) mass is 365 g/mol. The molecule has 25 heavy (non-hydrogen) atoms. The summed E-state index contributed by atoms with van der Waals surface area (Å²) in [5, 5.41) is 5.06. The third-order valence-corrected chi connectivity index (χ3v) is 3.07. The van der Waals surface area contributed by atoms with Gasteiger partial charge in [0.2, 0.25) is 5.91 Å². The number of nitrogens with one attached hydrogen (secondary N) is 2. The molecule has 0 aliphatic heterocycles. The highest BCUT2D eigenvalue weighted by atomic mass is 35.5. The Morgan fingerprint density at radius 3 is 2.52 bits per heavy atom. The van der Waals surface area contributed by atoms with Gasteiger partial charge in [0, 0.05) is 16.9 Å². The first kappa shape index (κ1) is 18.3. The van der Waals surface area contributed by atoms with Crippen LogP contribution in [0.2, 0.25) is 5.02 Å². The van der Waals surface area contributed by atoms with Crippen LogP contribution in [0.5, 0.6) is 0 Å². The van der Waals surface area contributed by atoms with E-state index in [9.17, 15) is 18.8 Å². The molecule has 1 heterocycles. The zero-order valence-electron chi connectivity index (χ0n) is 12.8. The first-order valence-electron chi connectivity index (χ1n) is 7.05. The first-order valence-corrected chi connectivity index (χ1v) is 7.42. The average Bonchev–Trinajstić information content (AvgIpc) is 2.60. The van der Waals surface area contributed by atoms with Crippen LogP contribution in [0, 0.1) is 5.82 Å². The molecule has 2 aromatic rings. The summed E-state index contributed by atoms with van der Waals surface area (Å²) in [5.41, 5.74) is 0.355. The summed E-state index contributed by atoms with van der Waals surface area (Å²) in [5.74, 6) is -2.41. The predicted octanol–water partition coefficient (Wildman–Crippen LogP) is 1.79. The molecule has 130 valence electrons. The Morgan fingerprint density at radius 2 is 1.84 bits per heavy atom. The van der Waals surface area contributed by atoms with Gasteiger partial charge >= 0.3 is 5.97 Å². The van der Waals surface area contributed by atoms with Crippen LogP contribution in [0.4, 0.5) is 10.1 Å². The SMILES string of the molecule is O=C(COC(=O)c1cc(Cl)ccn1)NCC(=O)Nc1ccc(F)cc1. The van der Waals surface area contributed by atoms with E-state index in [1.807, 2.05) is 0 Å². The van der Waals surface area contributed by atoms with Crippen LogP contribution in [0.1, 0.15) is 10.5 Å². The molecule has 2 N–H and O–H groups in total. The minimum Gasteiger partial charge on any atom is -0.451 e. The summed E-state index contributed by atoms with van der Waals surface area (Å²) in [6.45, 7) is -0.903. The van der Waals surface area contributed by atoms with Crippen molar-refractivity contribution in [1.82, 2.24) is 10.3 Å². The molecule has 0 unspecified atom stereocenters. The lowest BCUT2D eigenvalue weighted by atomic mass is 10.3. The van der Waals surface area contributed by atoms with Gasteiger partial charge in [-0.1, -0.05) is 11.6 Å². The van der Waals surface area contributed by atoms with Crippen LogP contribution in [0.15, 0.2) is 42.6 Å². The minimum atomic E-state index is -0.812. The number of ether oxygens (including phenoxy) is 1. The smallest absolute Gasteiger partial charge is 0.357 e. The minimum absolute atomic E-state index is 0.0330. The number of carbonyl (C=O) groups is 3. The van der Waals surface area contributed by atoms with E-state index in [0.717, 1.165) is 0 Å². The van der Waals surface area contributed by atoms with Crippen molar-refractivity contribution in [3.63, 3.8) is 0 Å². The zero-order chi connectivity index (χ0) is 18.2. The van der Waals surface area contributed by atoms with Gasteiger partial charge < -0.3 is 15.4 Å². The number of carbonyl (C=O) groups excluding carboxylic acids is 3. The molecule has 0 saturated carbocycles. The maximum atomic E-state index is 12.7. The lowest BCUT2D eigenvalue weighted by molar-refractivity contribution is -0.126. The highest BCUT2D eigenvalue weighted by Crippen LogP contribution is 2.09. The van der Waals surface area contributed by atoms with E-state index in [2.05, 4.69) is 15.6 Å². The molecule has 1 aromatic heterocycles. The van der Waals surface area contributed by atoms with Crippen LogP contribution >= 0.6 is 11.6 Å². The molecule has 0 aliphatic rings. The van der Waals surface area contributed by atoms with Crippen molar-refractivity contribution in [1.29, 1.82) is 0 Å². The van der Waals surface area contributed by atoms with E-state index < -0.39 is 30.2 Å². The Bertz CT molecular complexity index is 783. The molecule has 7 nitrogen and oxygen atoms in total. The Morgan fingerprint density at radius 1 is 1.12 bits per heavy atom. The zero-order valence-corrected chi connectivity index (χ0v) is 13.5. The van der Waals surface area contributed by atoms with E-state index in [0.29, 0.717) is 10.7 Å². The molecule has 9 heteroatoms. The predicted molar refractivity (Wildman–Crippen MR) is 87.6 cm³/mol. The molecule has 0 aliphatic carbocycles. The van der Waals surface area contributed by atoms with Crippen molar-refractivity contribution < 1.29 is 23.5 Å². The van der Waals surface area contributed by atoms with Crippen molar-refractivity contribution in [2.24, 2.45) is 0 Å². The second kappa shape index (κ2) is 8.74. The highest BCUT2D eigenvalue weighted by molar-refractivity contribution is 6.30. The lowest BCUT2D eigenvalue weighted by Gasteiger charge is -2.07. The van der Waals surface area contributed by atoms with Gasteiger partial charge in [-0.15, -0.1) is 0 Å². The van der Waals surface area contributed by atoms with Crippen LogP contribution in [0.3, 0.4) is 0 Å². The topological polar surface area (TPSA) is 97.4 Å². The fourth-order valence-electron chi connectivity index (χ4n) is 1.69. The molecular weight excluding hydrogens is 353 g/mol. The van der Waals surface area contributed by atoms with Crippen molar-refractivity contribution >= 4 is 35.1 Å². The highest BCUT2D eigenvalue weighted by Gasteiger charge is 2.12. The maximum absolute atomic E-state index is 12.7. The first-order chi connectivity index (χ1) is 11.9. The number of rotatable bonds is 6. The summed E-state index contributed by atoms with van der Waals surface area (Å²) in [6.07, 6.45) is 1.33. The normalized spacial score (nSPS) is 10.0. The Balaban J connectivity index is 1.72. The van der Waals surface area contributed by atoms with Gasteiger partial charge in [-0.3, -0.25) is 9.59 Å². The maximum Gasteiger partial charge on any atom is 0.357 e. The largest absolute Gasteiger partial charge is 0.451 e. The molecule has 0 radical (unpaired) electrons. The summed E-state index contributed by atoms with van der Waals surface area (Å²) >= 11 is 5.72. The fourth-order valence-corrected chi connectivity index (χ4v) is 1.85. The summed E-state index contributed by atoms with van der Waals surface area (Å²) in [6, 6.07) is 7.95. The van der Waals surface area contributed by atoms with Crippen LogP contribution in [-0.4, -0.2) is 35.9 Å². The fraction of sp³-hybridized carbons (Fsp3) is 0.125. The molecule has 0 bridgehead atoms. The third kappa shape index (κ3) is 6.19. The van der Waals surface area contributed by atoms with Gasteiger partial charge in [-0.2, -0.15) is 0 Å². The van der Waals surface area contributed by atoms with Gasteiger partial charge in [0.25, 0.3) is 5.91 Å². The van der Waals surface area contributed by atoms with Crippen LogP contribution < -0.4 is 10.6 Å². The Labute approximate surface area is 147 Å². The number of aromatic nitrogens is 1. The van der Waals surface area contributed by atoms with Crippen LogP contribution in [-0.2, 0) is 14.3 Å². The molecule has 0 atom stereocenters. The lowest BCUT2D eigenvalue weighted by Crippen LogP contribution is -2.35. The number of nitrogens with zero attached hydrogens (tertiary/aromatic N) is 1. The molecule has 0 spiro atoms. The summed E-state index contributed by atoms with van der Waals surface area (Å²) in [4.78, 5) is 38.7. The molecule has 2 amide bonds. The number of halogens is 2. The number of hydrogen-bond donors (Lipinski definition) is 2. The number of anilines is 1. The van der Waals surface area contributed by atoms with E-state index in [1.54, 1.807) is 0 Å². The van der Waals surface area contributed by atoms with E-state index in [1.165, 1.54) is 42.6 Å². The summed E-state index contributed by atoms with van der Waals surface area (Å²) < 4.78 is 17.5. The van der Waals surface area contributed by atoms with Gasteiger partial charge in [-0.25, -0.2) is 14.2 Å². The van der Waals surface area contributed by atoms with E-state index >= 15 is 0 Å². The number of esters is 1.